The zero-order valence-electron chi connectivity index (χ0n) is 10.8. The number of aromatic nitrogens is 2. The number of nitrogens with zero attached hydrogens (tertiary/aromatic N) is 3. The Bertz CT molecular complexity index is 425. The Labute approximate surface area is 106 Å². The molecule has 18 heavy (non-hydrogen) atoms. The van der Waals surface area contributed by atoms with Crippen LogP contribution in [-0.2, 0) is 0 Å². The summed E-state index contributed by atoms with van der Waals surface area (Å²) in [6.45, 7) is 5.48. The zero-order chi connectivity index (χ0) is 13.2. The van der Waals surface area contributed by atoms with Crippen molar-refractivity contribution < 1.29 is 9.50 Å². The number of aliphatic hydroxyl groups is 1. The van der Waals surface area contributed by atoms with Crippen molar-refractivity contribution in [3.8, 4) is 0 Å². The maximum absolute atomic E-state index is 13.8. The summed E-state index contributed by atoms with van der Waals surface area (Å²) in [4.78, 5) is 9.82. The number of hydrogen-bond donors (Lipinski definition) is 2. The van der Waals surface area contributed by atoms with E-state index in [9.17, 15) is 9.50 Å². The average molecular weight is 254 g/mol. The first-order chi connectivity index (χ1) is 8.52. The van der Waals surface area contributed by atoms with Crippen LogP contribution in [0.2, 0.25) is 0 Å². The van der Waals surface area contributed by atoms with Crippen LogP contribution < -0.4 is 10.2 Å². The lowest BCUT2D eigenvalue weighted by molar-refractivity contribution is 0.0445. The average Bonchev–Trinajstić information content (AvgIpc) is 2.30. The highest BCUT2D eigenvalue weighted by molar-refractivity contribution is 5.44. The molecule has 5 nitrogen and oxygen atoms in total. The van der Waals surface area contributed by atoms with E-state index in [1.807, 2.05) is 6.92 Å². The smallest absolute Gasteiger partial charge is 0.224 e. The lowest BCUT2D eigenvalue weighted by Gasteiger charge is -2.37. The van der Waals surface area contributed by atoms with Gasteiger partial charge < -0.3 is 15.3 Å². The second-order valence-corrected chi connectivity index (χ2v) is 4.92. The predicted octanol–water partition coefficient (Wildman–Crippen LogP) is 1.40. The van der Waals surface area contributed by atoms with Crippen molar-refractivity contribution in [2.24, 2.45) is 0 Å². The van der Waals surface area contributed by atoms with Crippen LogP contribution in [0, 0.1) is 5.82 Å². The topological polar surface area (TPSA) is 61.3 Å². The molecular weight excluding hydrogens is 235 g/mol. The van der Waals surface area contributed by atoms with Gasteiger partial charge in [0, 0.05) is 19.6 Å². The van der Waals surface area contributed by atoms with E-state index in [0.717, 1.165) is 12.8 Å². The minimum atomic E-state index is -0.784. The molecule has 100 valence electrons. The second-order valence-electron chi connectivity index (χ2n) is 4.92. The van der Waals surface area contributed by atoms with Crippen LogP contribution in [0.1, 0.15) is 26.7 Å². The molecule has 1 aliphatic rings. The summed E-state index contributed by atoms with van der Waals surface area (Å²) in [6.07, 6.45) is 2.73. The molecule has 1 saturated heterocycles. The lowest BCUT2D eigenvalue weighted by atomic mass is 9.95. The first-order valence-electron chi connectivity index (χ1n) is 6.25. The molecule has 1 unspecified atom stereocenters. The molecule has 1 aromatic heterocycles. The van der Waals surface area contributed by atoms with Gasteiger partial charge >= 0.3 is 0 Å². The van der Waals surface area contributed by atoms with E-state index in [1.54, 1.807) is 11.8 Å². The van der Waals surface area contributed by atoms with Crippen LogP contribution >= 0.6 is 0 Å². The van der Waals surface area contributed by atoms with Gasteiger partial charge in [-0.2, -0.15) is 4.98 Å². The summed E-state index contributed by atoms with van der Waals surface area (Å²) < 4.78 is 13.8. The van der Waals surface area contributed by atoms with E-state index in [2.05, 4.69) is 15.3 Å². The SMILES string of the molecule is CCNc1ncc(F)c(N2CCCC(C)(O)C2)n1. The van der Waals surface area contributed by atoms with Gasteiger partial charge in [0.1, 0.15) is 0 Å². The molecule has 1 aliphatic heterocycles. The predicted molar refractivity (Wildman–Crippen MR) is 68.2 cm³/mol. The Kier molecular flexibility index (Phi) is 3.65. The number of β-amino-alcohol motifs (C(OH)–C–C–N with tert-alkyl or cyclic N) is 1. The second kappa shape index (κ2) is 5.06. The van der Waals surface area contributed by atoms with E-state index in [-0.39, 0.29) is 5.82 Å². The van der Waals surface area contributed by atoms with Crippen molar-refractivity contribution in [3.63, 3.8) is 0 Å². The number of nitrogens with one attached hydrogen (secondary N) is 1. The van der Waals surface area contributed by atoms with Gasteiger partial charge in [-0.15, -0.1) is 0 Å². The Morgan fingerprint density at radius 1 is 1.61 bits per heavy atom. The number of anilines is 2. The van der Waals surface area contributed by atoms with Crippen molar-refractivity contribution in [1.29, 1.82) is 0 Å². The molecule has 0 aromatic carbocycles. The standard InChI is InChI=1S/C12H19FN4O/c1-3-14-11-15-7-9(13)10(16-11)17-6-4-5-12(2,18)8-17/h7,18H,3-6,8H2,1-2H3,(H,14,15,16). The van der Waals surface area contributed by atoms with Gasteiger partial charge in [-0.05, 0) is 26.7 Å². The van der Waals surface area contributed by atoms with Crippen LogP contribution in [0.25, 0.3) is 0 Å². The van der Waals surface area contributed by atoms with E-state index in [1.165, 1.54) is 6.20 Å². The Hall–Kier alpha value is -1.43. The van der Waals surface area contributed by atoms with Gasteiger partial charge in [0.25, 0.3) is 0 Å². The molecule has 0 radical (unpaired) electrons. The zero-order valence-corrected chi connectivity index (χ0v) is 10.8. The minimum absolute atomic E-state index is 0.265. The van der Waals surface area contributed by atoms with Crippen LogP contribution in [0.4, 0.5) is 16.2 Å². The summed E-state index contributed by atoms with van der Waals surface area (Å²) >= 11 is 0. The third-order valence-corrected chi connectivity index (χ3v) is 3.03. The Morgan fingerprint density at radius 2 is 2.39 bits per heavy atom. The molecule has 2 heterocycles. The molecule has 1 aromatic rings. The highest BCUT2D eigenvalue weighted by atomic mass is 19.1. The summed E-state index contributed by atoms with van der Waals surface area (Å²) in [5, 5.41) is 13.0. The van der Waals surface area contributed by atoms with Crippen LogP contribution in [0.15, 0.2) is 6.20 Å². The van der Waals surface area contributed by atoms with E-state index >= 15 is 0 Å². The fourth-order valence-corrected chi connectivity index (χ4v) is 2.22. The quantitative estimate of drug-likeness (QED) is 0.853. The number of rotatable bonds is 3. The maximum Gasteiger partial charge on any atom is 0.224 e. The first kappa shape index (κ1) is 13.0. The lowest BCUT2D eigenvalue weighted by Crippen LogP contribution is -2.46. The maximum atomic E-state index is 13.8. The molecule has 6 heteroatoms. The fraction of sp³-hybridized carbons (Fsp3) is 0.667. The molecule has 2 rings (SSSR count). The summed E-state index contributed by atoms with van der Waals surface area (Å²) in [7, 11) is 0. The monoisotopic (exact) mass is 254 g/mol. The van der Waals surface area contributed by atoms with E-state index < -0.39 is 11.4 Å². The van der Waals surface area contributed by atoms with Gasteiger partial charge in [0.15, 0.2) is 11.6 Å². The number of halogens is 1. The van der Waals surface area contributed by atoms with E-state index in [0.29, 0.717) is 25.6 Å². The third-order valence-electron chi connectivity index (χ3n) is 3.03. The summed E-state index contributed by atoms with van der Waals surface area (Å²) in [6, 6.07) is 0. The molecule has 0 aliphatic carbocycles. The molecule has 1 fully saturated rings. The highest BCUT2D eigenvalue weighted by Gasteiger charge is 2.30. The number of piperidine rings is 1. The summed E-state index contributed by atoms with van der Waals surface area (Å²) in [5.41, 5.74) is -0.784. The molecule has 1 atom stereocenters. The van der Waals surface area contributed by atoms with Crippen LogP contribution in [0.5, 0.6) is 0 Å². The summed E-state index contributed by atoms with van der Waals surface area (Å²) in [5.74, 6) is 0.231. The molecular formula is C12H19FN4O. The Morgan fingerprint density at radius 3 is 3.06 bits per heavy atom. The van der Waals surface area contributed by atoms with Crippen molar-refractivity contribution in [2.45, 2.75) is 32.3 Å². The van der Waals surface area contributed by atoms with Gasteiger partial charge in [0.2, 0.25) is 5.95 Å². The fourth-order valence-electron chi connectivity index (χ4n) is 2.22. The Balaban J connectivity index is 2.23. The van der Waals surface area contributed by atoms with Gasteiger partial charge in [-0.3, -0.25) is 0 Å². The van der Waals surface area contributed by atoms with Crippen molar-refractivity contribution >= 4 is 11.8 Å². The molecule has 0 spiro atoms. The molecule has 0 bridgehead atoms. The number of hydrogen-bond acceptors (Lipinski definition) is 5. The van der Waals surface area contributed by atoms with Gasteiger partial charge in [-0.25, -0.2) is 9.37 Å². The molecule has 0 saturated carbocycles. The van der Waals surface area contributed by atoms with Crippen molar-refractivity contribution in [1.82, 2.24) is 9.97 Å². The highest BCUT2D eigenvalue weighted by Crippen LogP contribution is 2.26. The minimum Gasteiger partial charge on any atom is -0.388 e. The van der Waals surface area contributed by atoms with Crippen molar-refractivity contribution in [2.75, 3.05) is 29.9 Å². The first-order valence-corrected chi connectivity index (χ1v) is 6.25. The molecule has 2 N–H and O–H groups in total. The van der Waals surface area contributed by atoms with Gasteiger partial charge in [0.05, 0.1) is 11.8 Å². The van der Waals surface area contributed by atoms with Crippen LogP contribution in [0.3, 0.4) is 0 Å². The molecule has 0 amide bonds. The largest absolute Gasteiger partial charge is 0.388 e. The van der Waals surface area contributed by atoms with Crippen molar-refractivity contribution in [3.05, 3.63) is 12.0 Å². The van der Waals surface area contributed by atoms with Gasteiger partial charge in [-0.1, -0.05) is 0 Å². The normalized spacial score (nSPS) is 24.1. The van der Waals surface area contributed by atoms with E-state index in [4.69, 9.17) is 0 Å². The third kappa shape index (κ3) is 2.87. The van der Waals surface area contributed by atoms with Crippen LogP contribution in [-0.4, -0.2) is 40.3 Å².